The van der Waals surface area contributed by atoms with Crippen LogP contribution in [0.25, 0.3) is 0 Å². The molecule has 1 aliphatic carbocycles. The first-order chi connectivity index (χ1) is 10.3. The van der Waals surface area contributed by atoms with Gasteiger partial charge >= 0.3 is 0 Å². The van der Waals surface area contributed by atoms with E-state index in [4.69, 9.17) is 4.98 Å². The standard InChI is InChI=1S/C17H28N4/c1-14-13-16(21-11-7-2-3-8-12-21)20-17(18-14)19-15-9-5-4-6-10-15/h13,15H,2-12H2,1H3,(H,18,19,20). The first-order valence-corrected chi connectivity index (χ1v) is 8.68. The molecule has 1 aromatic heterocycles. The van der Waals surface area contributed by atoms with Crippen molar-refractivity contribution in [1.82, 2.24) is 9.97 Å². The second-order valence-corrected chi connectivity index (χ2v) is 6.57. The fourth-order valence-corrected chi connectivity index (χ4v) is 3.51. The predicted octanol–water partition coefficient (Wildman–Crippen LogP) is 3.91. The fourth-order valence-electron chi connectivity index (χ4n) is 3.51. The van der Waals surface area contributed by atoms with E-state index in [-0.39, 0.29) is 0 Å². The lowest BCUT2D eigenvalue weighted by molar-refractivity contribution is 0.460. The maximum atomic E-state index is 4.80. The highest BCUT2D eigenvalue weighted by Gasteiger charge is 2.16. The molecule has 1 aromatic rings. The van der Waals surface area contributed by atoms with E-state index in [2.05, 4.69) is 28.2 Å². The lowest BCUT2D eigenvalue weighted by Gasteiger charge is -2.25. The molecule has 2 aliphatic rings. The van der Waals surface area contributed by atoms with Crippen LogP contribution in [0.5, 0.6) is 0 Å². The number of anilines is 2. The van der Waals surface area contributed by atoms with Crippen LogP contribution in [0.2, 0.25) is 0 Å². The molecule has 0 radical (unpaired) electrons. The van der Waals surface area contributed by atoms with Gasteiger partial charge in [-0.3, -0.25) is 0 Å². The van der Waals surface area contributed by atoms with Crippen molar-refractivity contribution < 1.29 is 0 Å². The van der Waals surface area contributed by atoms with Crippen LogP contribution < -0.4 is 10.2 Å². The summed E-state index contributed by atoms with van der Waals surface area (Å²) in [5.74, 6) is 1.95. The van der Waals surface area contributed by atoms with Gasteiger partial charge in [0.05, 0.1) is 0 Å². The summed E-state index contributed by atoms with van der Waals surface area (Å²) < 4.78 is 0. The first-order valence-electron chi connectivity index (χ1n) is 8.68. The monoisotopic (exact) mass is 288 g/mol. The molecule has 1 aliphatic heterocycles. The van der Waals surface area contributed by atoms with Crippen molar-refractivity contribution in [2.24, 2.45) is 0 Å². The Balaban J connectivity index is 1.72. The highest BCUT2D eigenvalue weighted by Crippen LogP contribution is 2.23. The predicted molar refractivity (Wildman–Crippen MR) is 87.9 cm³/mol. The van der Waals surface area contributed by atoms with E-state index in [1.807, 2.05) is 0 Å². The Hall–Kier alpha value is -1.32. The molecule has 0 unspecified atom stereocenters. The van der Waals surface area contributed by atoms with Gasteiger partial charge in [0.25, 0.3) is 0 Å². The Kier molecular flexibility index (Phi) is 4.94. The highest BCUT2D eigenvalue weighted by atomic mass is 15.2. The van der Waals surface area contributed by atoms with Gasteiger partial charge in [0.1, 0.15) is 5.82 Å². The van der Waals surface area contributed by atoms with Crippen LogP contribution in [0, 0.1) is 6.92 Å². The summed E-state index contributed by atoms with van der Waals surface area (Å²) in [4.78, 5) is 11.8. The summed E-state index contributed by atoms with van der Waals surface area (Å²) in [6, 6.07) is 2.70. The third-order valence-electron chi connectivity index (χ3n) is 4.71. The number of aromatic nitrogens is 2. The molecule has 4 heteroatoms. The quantitative estimate of drug-likeness (QED) is 0.915. The normalized spacial score (nSPS) is 21.1. The highest BCUT2D eigenvalue weighted by molar-refractivity contribution is 5.45. The van der Waals surface area contributed by atoms with Gasteiger partial charge in [0.15, 0.2) is 0 Å². The molecule has 2 fully saturated rings. The molecular weight excluding hydrogens is 260 g/mol. The Labute approximate surface area is 128 Å². The molecule has 0 atom stereocenters. The molecule has 3 rings (SSSR count). The van der Waals surface area contributed by atoms with Gasteiger partial charge in [0.2, 0.25) is 5.95 Å². The van der Waals surface area contributed by atoms with Crippen LogP contribution in [-0.4, -0.2) is 29.1 Å². The van der Waals surface area contributed by atoms with Gasteiger partial charge in [-0.25, -0.2) is 4.98 Å². The summed E-state index contributed by atoms with van der Waals surface area (Å²) in [5.41, 5.74) is 1.07. The van der Waals surface area contributed by atoms with Gasteiger partial charge in [-0.2, -0.15) is 4.98 Å². The molecule has 0 bridgehead atoms. The smallest absolute Gasteiger partial charge is 0.225 e. The average Bonchev–Trinajstić information content (AvgIpc) is 2.77. The Morgan fingerprint density at radius 3 is 2.33 bits per heavy atom. The van der Waals surface area contributed by atoms with Gasteiger partial charge in [-0.05, 0) is 32.6 Å². The molecule has 2 heterocycles. The molecule has 116 valence electrons. The number of hydrogen-bond acceptors (Lipinski definition) is 4. The largest absolute Gasteiger partial charge is 0.356 e. The third kappa shape index (κ3) is 4.08. The topological polar surface area (TPSA) is 41.1 Å². The van der Waals surface area contributed by atoms with Crippen LogP contribution >= 0.6 is 0 Å². The lowest BCUT2D eigenvalue weighted by Crippen LogP contribution is -2.27. The van der Waals surface area contributed by atoms with E-state index in [9.17, 15) is 0 Å². The van der Waals surface area contributed by atoms with Crippen molar-refractivity contribution in [3.8, 4) is 0 Å². The van der Waals surface area contributed by atoms with Crippen molar-refractivity contribution >= 4 is 11.8 Å². The second kappa shape index (κ2) is 7.10. The number of nitrogens with zero attached hydrogens (tertiary/aromatic N) is 3. The molecular formula is C17H28N4. The molecule has 1 saturated heterocycles. The van der Waals surface area contributed by atoms with Gasteiger partial charge in [-0.1, -0.05) is 32.1 Å². The zero-order valence-electron chi connectivity index (χ0n) is 13.3. The van der Waals surface area contributed by atoms with Gasteiger partial charge in [-0.15, -0.1) is 0 Å². The van der Waals surface area contributed by atoms with Crippen molar-refractivity contribution in [3.05, 3.63) is 11.8 Å². The van der Waals surface area contributed by atoms with Crippen molar-refractivity contribution in [3.63, 3.8) is 0 Å². The Morgan fingerprint density at radius 2 is 1.62 bits per heavy atom. The van der Waals surface area contributed by atoms with Crippen molar-refractivity contribution in [1.29, 1.82) is 0 Å². The summed E-state index contributed by atoms with van der Waals surface area (Å²) in [6.45, 7) is 4.35. The minimum absolute atomic E-state index is 0.567. The second-order valence-electron chi connectivity index (χ2n) is 6.57. The fraction of sp³-hybridized carbons (Fsp3) is 0.765. The van der Waals surface area contributed by atoms with Crippen LogP contribution in [-0.2, 0) is 0 Å². The molecule has 0 spiro atoms. The first kappa shape index (κ1) is 14.6. The summed E-state index contributed by atoms with van der Waals surface area (Å²) in [5, 5.41) is 3.57. The summed E-state index contributed by atoms with van der Waals surface area (Å²) in [6.07, 6.45) is 11.9. The molecule has 4 nitrogen and oxygen atoms in total. The van der Waals surface area contributed by atoms with Crippen LogP contribution in [0.1, 0.15) is 63.5 Å². The zero-order chi connectivity index (χ0) is 14.5. The minimum Gasteiger partial charge on any atom is -0.356 e. The van der Waals surface area contributed by atoms with E-state index >= 15 is 0 Å². The Morgan fingerprint density at radius 1 is 0.952 bits per heavy atom. The third-order valence-corrected chi connectivity index (χ3v) is 4.71. The van der Waals surface area contributed by atoms with E-state index in [0.717, 1.165) is 30.5 Å². The number of aryl methyl sites for hydroxylation is 1. The van der Waals surface area contributed by atoms with E-state index in [0.29, 0.717) is 6.04 Å². The molecule has 0 aromatic carbocycles. The van der Waals surface area contributed by atoms with Crippen molar-refractivity contribution in [2.45, 2.75) is 70.8 Å². The zero-order valence-corrected chi connectivity index (χ0v) is 13.3. The van der Waals surface area contributed by atoms with Crippen LogP contribution in [0.15, 0.2) is 6.07 Å². The Bertz CT molecular complexity index is 446. The minimum atomic E-state index is 0.567. The van der Waals surface area contributed by atoms with E-state index in [1.165, 1.54) is 57.8 Å². The lowest BCUT2D eigenvalue weighted by atomic mass is 9.96. The number of rotatable bonds is 3. The SMILES string of the molecule is Cc1cc(N2CCCCCC2)nc(NC2CCCCC2)n1. The summed E-state index contributed by atoms with van der Waals surface area (Å²) in [7, 11) is 0. The maximum absolute atomic E-state index is 4.80. The number of hydrogen-bond donors (Lipinski definition) is 1. The van der Waals surface area contributed by atoms with Crippen LogP contribution in [0.3, 0.4) is 0 Å². The van der Waals surface area contributed by atoms with E-state index < -0.39 is 0 Å². The molecule has 21 heavy (non-hydrogen) atoms. The molecule has 1 saturated carbocycles. The number of nitrogens with one attached hydrogen (secondary N) is 1. The average molecular weight is 288 g/mol. The van der Waals surface area contributed by atoms with E-state index in [1.54, 1.807) is 0 Å². The summed E-state index contributed by atoms with van der Waals surface area (Å²) >= 11 is 0. The van der Waals surface area contributed by atoms with Crippen LogP contribution in [0.4, 0.5) is 11.8 Å². The molecule has 0 amide bonds. The van der Waals surface area contributed by atoms with Crippen molar-refractivity contribution in [2.75, 3.05) is 23.3 Å². The van der Waals surface area contributed by atoms with Gasteiger partial charge in [0, 0.05) is 30.9 Å². The van der Waals surface area contributed by atoms with Gasteiger partial charge < -0.3 is 10.2 Å². The molecule has 1 N–H and O–H groups in total. The maximum Gasteiger partial charge on any atom is 0.225 e.